The average molecular weight is 253 g/mol. The number of aliphatic hydroxyl groups is 1. The average Bonchev–Trinajstić information content (AvgIpc) is 2.89. The van der Waals surface area contributed by atoms with Crippen LogP contribution in [0.25, 0.3) is 0 Å². The molecule has 0 aromatic rings. The van der Waals surface area contributed by atoms with Crippen LogP contribution in [0.3, 0.4) is 0 Å². The number of nitrogens with one attached hydrogen (secondary N) is 1. The molecule has 2 fully saturated rings. The first kappa shape index (κ1) is 13.9. The summed E-state index contributed by atoms with van der Waals surface area (Å²) in [7, 11) is 0. The maximum absolute atomic E-state index is 11.9. The third-order valence-corrected chi connectivity index (χ3v) is 4.48. The van der Waals surface area contributed by atoms with Crippen LogP contribution >= 0.6 is 0 Å². The molecule has 2 aliphatic carbocycles. The van der Waals surface area contributed by atoms with Crippen molar-refractivity contribution in [3.8, 4) is 0 Å². The summed E-state index contributed by atoms with van der Waals surface area (Å²) in [5.41, 5.74) is -0.332. The Hall–Kier alpha value is -0.570. The summed E-state index contributed by atoms with van der Waals surface area (Å²) < 4.78 is 0. The van der Waals surface area contributed by atoms with E-state index in [1.807, 2.05) is 0 Å². The fourth-order valence-corrected chi connectivity index (χ4v) is 3.35. The van der Waals surface area contributed by atoms with Crippen LogP contribution < -0.4 is 5.32 Å². The van der Waals surface area contributed by atoms with E-state index >= 15 is 0 Å². The monoisotopic (exact) mass is 253 g/mol. The minimum atomic E-state index is -0.709. The Morgan fingerprint density at radius 1 is 1.22 bits per heavy atom. The van der Waals surface area contributed by atoms with Gasteiger partial charge in [-0.05, 0) is 43.4 Å². The first-order chi connectivity index (χ1) is 8.43. The highest BCUT2D eigenvalue weighted by Gasteiger charge is 2.43. The molecule has 0 heterocycles. The van der Waals surface area contributed by atoms with Gasteiger partial charge in [0.25, 0.3) is 0 Å². The standard InChI is InChI=1S/C15H27NO2/c1-12(2)9-14(7-8-14)11-16-13(17)10-15(18)5-3-4-6-15/h12,18H,3-11H2,1-2H3,(H,16,17). The molecule has 0 unspecified atom stereocenters. The van der Waals surface area contributed by atoms with Crippen molar-refractivity contribution in [1.29, 1.82) is 0 Å². The third-order valence-electron chi connectivity index (χ3n) is 4.48. The van der Waals surface area contributed by atoms with Gasteiger partial charge >= 0.3 is 0 Å². The number of amides is 1. The van der Waals surface area contributed by atoms with Crippen molar-refractivity contribution in [2.24, 2.45) is 11.3 Å². The third kappa shape index (κ3) is 3.71. The van der Waals surface area contributed by atoms with Crippen molar-refractivity contribution in [3.63, 3.8) is 0 Å². The number of hydrogen-bond acceptors (Lipinski definition) is 2. The summed E-state index contributed by atoms with van der Waals surface area (Å²) in [5, 5.41) is 13.2. The Labute approximate surface area is 110 Å². The van der Waals surface area contributed by atoms with Crippen molar-refractivity contribution in [2.75, 3.05) is 6.54 Å². The van der Waals surface area contributed by atoms with E-state index < -0.39 is 5.60 Å². The van der Waals surface area contributed by atoms with Gasteiger partial charge in [0.1, 0.15) is 0 Å². The number of carbonyl (C=O) groups is 1. The molecule has 0 aromatic heterocycles. The summed E-state index contributed by atoms with van der Waals surface area (Å²) in [6.45, 7) is 5.28. The molecule has 2 N–H and O–H groups in total. The van der Waals surface area contributed by atoms with E-state index in [2.05, 4.69) is 19.2 Å². The second-order valence-electron chi connectivity index (χ2n) is 6.98. The van der Waals surface area contributed by atoms with Crippen LogP contribution in [0.15, 0.2) is 0 Å². The van der Waals surface area contributed by atoms with Gasteiger partial charge in [0.2, 0.25) is 5.91 Å². The fraction of sp³-hybridized carbons (Fsp3) is 0.933. The van der Waals surface area contributed by atoms with Gasteiger partial charge in [0.15, 0.2) is 0 Å². The number of rotatable bonds is 6. The van der Waals surface area contributed by atoms with E-state index in [0.29, 0.717) is 17.8 Å². The first-order valence-corrected chi connectivity index (χ1v) is 7.42. The Morgan fingerprint density at radius 2 is 1.83 bits per heavy atom. The van der Waals surface area contributed by atoms with Crippen molar-refractivity contribution in [2.45, 2.75) is 70.8 Å². The highest BCUT2D eigenvalue weighted by molar-refractivity contribution is 5.77. The van der Waals surface area contributed by atoms with Crippen molar-refractivity contribution < 1.29 is 9.90 Å². The van der Waals surface area contributed by atoms with Gasteiger partial charge in [-0.15, -0.1) is 0 Å². The van der Waals surface area contributed by atoms with E-state index in [4.69, 9.17) is 0 Å². The van der Waals surface area contributed by atoms with E-state index in [0.717, 1.165) is 32.2 Å². The molecule has 3 nitrogen and oxygen atoms in total. The minimum absolute atomic E-state index is 0.0365. The van der Waals surface area contributed by atoms with Crippen molar-refractivity contribution in [3.05, 3.63) is 0 Å². The van der Waals surface area contributed by atoms with E-state index in [1.165, 1.54) is 19.3 Å². The molecule has 0 saturated heterocycles. The summed E-state index contributed by atoms with van der Waals surface area (Å²) in [6, 6.07) is 0. The lowest BCUT2D eigenvalue weighted by Gasteiger charge is -2.23. The maximum atomic E-state index is 11.9. The zero-order chi connectivity index (χ0) is 13.2. The molecule has 104 valence electrons. The quantitative estimate of drug-likeness (QED) is 0.764. The Balaban J connectivity index is 1.72. The Kier molecular flexibility index (Phi) is 4.00. The molecule has 0 atom stereocenters. The van der Waals surface area contributed by atoms with Crippen LogP contribution in [0.4, 0.5) is 0 Å². The lowest BCUT2D eigenvalue weighted by molar-refractivity contribution is -0.126. The second-order valence-corrected chi connectivity index (χ2v) is 6.98. The minimum Gasteiger partial charge on any atom is -0.389 e. The van der Waals surface area contributed by atoms with Gasteiger partial charge < -0.3 is 10.4 Å². The molecule has 0 radical (unpaired) electrons. The van der Waals surface area contributed by atoms with Crippen LogP contribution in [0.2, 0.25) is 0 Å². The highest BCUT2D eigenvalue weighted by Crippen LogP contribution is 2.50. The van der Waals surface area contributed by atoms with Crippen molar-refractivity contribution in [1.82, 2.24) is 5.32 Å². The lowest BCUT2D eigenvalue weighted by Crippen LogP contribution is -2.37. The first-order valence-electron chi connectivity index (χ1n) is 7.42. The van der Waals surface area contributed by atoms with Gasteiger partial charge in [-0.1, -0.05) is 26.7 Å². The van der Waals surface area contributed by atoms with Gasteiger partial charge in [0, 0.05) is 6.54 Å². The van der Waals surface area contributed by atoms with Gasteiger partial charge in [-0.3, -0.25) is 4.79 Å². The van der Waals surface area contributed by atoms with Crippen LogP contribution in [-0.2, 0) is 4.79 Å². The smallest absolute Gasteiger partial charge is 0.222 e. The van der Waals surface area contributed by atoms with Gasteiger partial charge in [-0.25, -0.2) is 0 Å². The zero-order valence-electron chi connectivity index (χ0n) is 11.8. The molecule has 2 aliphatic rings. The lowest BCUT2D eigenvalue weighted by atomic mass is 9.93. The predicted octanol–water partition coefficient (Wildman–Crippen LogP) is 2.62. The number of carbonyl (C=O) groups excluding carboxylic acids is 1. The van der Waals surface area contributed by atoms with Crippen molar-refractivity contribution >= 4 is 5.91 Å². The molecule has 0 bridgehead atoms. The molecule has 0 spiro atoms. The maximum Gasteiger partial charge on any atom is 0.222 e. The molecule has 18 heavy (non-hydrogen) atoms. The molecule has 2 rings (SSSR count). The summed E-state index contributed by atoms with van der Waals surface area (Å²) in [4.78, 5) is 11.9. The fourth-order valence-electron chi connectivity index (χ4n) is 3.35. The Bertz CT molecular complexity index is 302. The molecule has 3 heteroatoms. The van der Waals surface area contributed by atoms with Crippen LogP contribution in [0.1, 0.15) is 65.2 Å². The van der Waals surface area contributed by atoms with Crippen LogP contribution in [0, 0.1) is 11.3 Å². The van der Waals surface area contributed by atoms with Gasteiger partial charge in [0.05, 0.1) is 12.0 Å². The van der Waals surface area contributed by atoms with E-state index in [-0.39, 0.29) is 5.91 Å². The highest BCUT2D eigenvalue weighted by atomic mass is 16.3. The normalized spacial score (nSPS) is 24.2. The van der Waals surface area contributed by atoms with Crippen LogP contribution in [-0.4, -0.2) is 23.2 Å². The predicted molar refractivity (Wildman–Crippen MR) is 72.2 cm³/mol. The zero-order valence-corrected chi connectivity index (χ0v) is 11.8. The molecular formula is C15H27NO2. The molecule has 0 aliphatic heterocycles. The Morgan fingerprint density at radius 3 is 2.33 bits per heavy atom. The summed E-state index contributed by atoms with van der Waals surface area (Å²) in [6.07, 6.45) is 7.69. The summed E-state index contributed by atoms with van der Waals surface area (Å²) >= 11 is 0. The molecular weight excluding hydrogens is 226 g/mol. The summed E-state index contributed by atoms with van der Waals surface area (Å²) in [5.74, 6) is 0.734. The van der Waals surface area contributed by atoms with Gasteiger partial charge in [-0.2, -0.15) is 0 Å². The van der Waals surface area contributed by atoms with Crippen LogP contribution in [0.5, 0.6) is 0 Å². The molecule has 0 aromatic carbocycles. The topological polar surface area (TPSA) is 49.3 Å². The van der Waals surface area contributed by atoms with E-state index in [1.54, 1.807) is 0 Å². The molecule has 2 saturated carbocycles. The largest absolute Gasteiger partial charge is 0.389 e. The SMILES string of the molecule is CC(C)CC1(CNC(=O)CC2(O)CCCC2)CC1. The van der Waals surface area contributed by atoms with E-state index in [9.17, 15) is 9.90 Å². The number of hydrogen-bond donors (Lipinski definition) is 2. The second kappa shape index (κ2) is 5.20. The molecule has 1 amide bonds.